The second kappa shape index (κ2) is 10.4. The van der Waals surface area contributed by atoms with Crippen molar-refractivity contribution in [2.75, 3.05) is 18.9 Å². The number of rotatable bonds is 11. The molecule has 2 aromatic rings. The van der Waals surface area contributed by atoms with Crippen LogP contribution in [0, 0.1) is 5.41 Å². The lowest BCUT2D eigenvalue weighted by atomic mass is 10.0. The van der Waals surface area contributed by atoms with Gasteiger partial charge in [0, 0.05) is 21.2 Å². The minimum Gasteiger partial charge on any atom is -0.393 e. The lowest BCUT2D eigenvalue weighted by molar-refractivity contribution is -0.143. The zero-order chi connectivity index (χ0) is 25.0. The molecular weight excluding hydrogens is 510 g/mol. The summed E-state index contributed by atoms with van der Waals surface area (Å²) in [6.07, 6.45) is 0. The fraction of sp³-hybridized carbons (Fsp3) is 0.353. The van der Waals surface area contributed by atoms with Gasteiger partial charge in [-0.3, -0.25) is 19.6 Å². The highest BCUT2D eigenvalue weighted by Crippen LogP contribution is 2.23. The first-order chi connectivity index (χ1) is 16.0. The van der Waals surface area contributed by atoms with Crippen molar-refractivity contribution >= 4 is 61.5 Å². The molecule has 2 amide bonds. The summed E-state index contributed by atoms with van der Waals surface area (Å²) in [5, 5.41) is 16.9. The number of amides is 2. The highest BCUT2D eigenvalue weighted by atomic mass is 32.2. The van der Waals surface area contributed by atoms with Crippen LogP contribution in [0.2, 0.25) is 0 Å². The van der Waals surface area contributed by atoms with Crippen LogP contribution in [-0.2, 0) is 36.1 Å². The molecule has 3 heterocycles. The van der Waals surface area contributed by atoms with Crippen LogP contribution in [0.1, 0.15) is 23.1 Å². The van der Waals surface area contributed by atoms with Crippen LogP contribution in [0.15, 0.2) is 22.0 Å². The Labute approximate surface area is 201 Å². The van der Waals surface area contributed by atoms with Crippen molar-refractivity contribution in [2.45, 2.75) is 25.6 Å². The second-order valence-electron chi connectivity index (χ2n) is 6.92. The number of aromatic nitrogens is 1. The predicted octanol–water partition coefficient (Wildman–Crippen LogP) is -0.473. The van der Waals surface area contributed by atoms with E-state index in [2.05, 4.69) is 15.5 Å². The fourth-order valence-electron chi connectivity index (χ4n) is 2.89. The number of nitrogens with zero attached hydrogens (tertiary/aromatic N) is 3. The maximum atomic E-state index is 12.7. The third-order valence-corrected chi connectivity index (χ3v) is 7.13. The van der Waals surface area contributed by atoms with Crippen LogP contribution in [0.5, 0.6) is 0 Å². The van der Waals surface area contributed by atoms with Crippen molar-refractivity contribution in [3.63, 3.8) is 0 Å². The number of nitrogens with two attached hydrogens (primary N) is 2. The van der Waals surface area contributed by atoms with Gasteiger partial charge in [-0.05, 0) is 13.0 Å². The number of amidine groups is 1. The summed E-state index contributed by atoms with van der Waals surface area (Å²) in [5.74, 6) is -1.87. The summed E-state index contributed by atoms with van der Waals surface area (Å²) in [7, 11) is -4.73. The third kappa shape index (κ3) is 5.86. The highest BCUT2D eigenvalue weighted by molar-refractivity contribution is 7.84. The van der Waals surface area contributed by atoms with Gasteiger partial charge in [-0.2, -0.15) is 8.42 Å². The Balaban J connectivity index is 1.57. The first-order valence-electron chi connectivity index (χ1n) is 9.51. The molecule has 17 heteroatoms. The highest BCUT2D eigenvalue weighted by Gasteiger charge is 2.51. The topological polar surface area (TPSA) is 223 Å². The monoisotopic (exact) mass is 531 g/mol. The number of thiazole rings is 1. The van der Waals surface area contributed by atoms with E-state index >= 15 is 0 Å². The normalized spacial score (nSPS) is 18.5. The van der Waals surface area contributed by atoms with Gasteiger partial charge in [-0.15, -0.1) is 22.7 Å². The molecule has 1 saturated heterocycles. The fourth-order valence-corrected chi connectivity index (χ4v) is 5.14. The van der Waals surface area contributed by atoms with E-state index < -0.39 is 34.2 Å². The molecule has 0 radical (unpaired) electrons. The number of thiophene rings is 1. The van der Waals surface area contributed by atoms with Crippen LogP contribution in [0.4, 0.5) is 5.13 Å². The molecule has 184 valence electrons. The van der Waals surface area contributed by atoms with E-state index in [0.717, 1.165) is 16.2 Å². The maximum absolute atomic E-state index is 12.7. The number of anilines is 1. The van der Waals surface area contributed by atoms with Crippen LogP contribution < -0.4 is 16.8 Å². The van der Waals surface area contributed by atoms with Gasteiger partial charge in [-0.1, -0.05) is 5.16 Å². The van der Waals surface area contributed by atoms with E-state index in [1.54, 1.807) is 11.4 Å². The maximum Gasteiger partial charge on any atom is 0.362 e. The molecule has 0 saturated carbocycles. The van der Waals surface area contributed by atoms with Crippen molar-refractivity contribution in [2.24, 2.45) is 10.9 Å². The minimum atomic E-state index is -4.73. The molecule has 1 aliphatic heterocycles. The Morgan fingerprint density at radius 3 is 2.68 bits per heavy atom. The minimum absolute atomic E-state index is 0.0172. The van der Waals surface area contributed by atoms with Gasteiger partial charge >= 0.3 is 10.3 Å². The number of β-lactam (4-membered cyclic amide) rings is 1. The lowest BCUT2D eigenvalue weighted by Gasteiger charge is -2.42. The molecule has 2 aromatic heterocycles. The molecule has 34 heavy (non-hydrogen) atoms. The van der Waals surface area contributed by atoms with Crippen LogP contribution in [-0.4, -0.2) is 70.9 Å². The molecule has 2 atom stereocenters. The molecule has 0 aromatic carbocycles. The average molecular weight is 532 g/mol. The number of ether oxygens (including phenoxy) is 1. The van der Waals surface area contributed by atoms with E-state index in [4.69, 9.17) is 31.0 Å². The summed E-state index contributed by atoms with van der Waals surface area (Å²) in [6.45, 7) is 1.73. The Morgan fingerprint density at radius 2 is 2.12 bits per heavy atom. The smallest absolute Gasteiger partial charge is 0.362 e. The van der Waals surface area contributed by atoms with Crippen LogP contribution in [0.25, 0.3) is 0 Å². The molecule has 0 bridgehead atoms. The lowest BCUT2D eigenvalue weighted by Crippen LogP contribution is -2.71. The van der Waals surface area contributed by atoms with E-state index in [1.165, 1.54) is 23.6 Å². The largest absolute Gasteiger partial charge is 0.393 e. The summed E-state index contributed by atoms with van der Waals surface area (Å²) >= 11 is 2.45. The molecular formula is C17H21N7O7S3. The van der Waals surface area contributed by atoms with Crippen molar-refractivity contribution in [1.82, 2.24) is 14.6 Å². The summed E-state index contributed by atoms with van der Waals surface area (Å²) in [5.41, 5.74) is 11.5. The molecule has 14 nitrogen and oxygen atoms in total. The Morgan fingerprint density at radius 1 is 1.38 bits per heavy atom. The summed E-state index contributed by atoms with van der Waals surface area (Å²) in [4.78, 5) is 34.8. The van der Waals surface area contributed by atoms with E-state index in [-0.39, 0.29) is 46.5 Å². The number of hydrogen-bond donors (Lipinski definition) is 5. The predicted molar refractivity (Wildman–Crippen MR) is 124 cm³/mol. The number of oxime groups is 1. The van der Waals surface area contributed by atoms with Crippen molar-refractivity contribution in [1.29, 1.82) is 5.41 Å². The van der Waals surface area contributed by atoms with E-state index in [9.17, 15) is 18.0 Å². The number of carbonyl (C=O) groups is 2. The van der Waals surface area contributed by atoms with Crippen LogP contribution in [0.3, 0.4) is 0 Å². The quantitative estimate of drug-likeness (QED) is 0.0625. The van der Waals surface area contributed by atoms with Gasteiger partial charge in [0.15, 0.2) is 10.8 Å². The van der Waals surface area contributed by atoms with Gasteiger partial charge < -0.3 is 26.4 Å². The second-order valence-corrected chi connectivity index (χ2v) is 10.1. The SMILES string of the molecule is C[C@H]1[C@H](NC(=O)C(=NOCCOCc2cc(C(=N)N)cs2)c2csc(N)n2)C(=O)N1S(=O)(=O)O. The Bertz CT molecular complexity index is 1220. The van der Waals surface area contributed by atoms with Crippen LogP contribution >= 0.6 is 22.7 Å². The molecule has 1 fully saturated rings. The van der Waals surface area contributed by atoms with Crippen molar-refractivity contribution in [3.8, 4) is 0 Å². The summed E-state index contributed by atoms with van der Waals surface area (Å²) < 4.78 is 37.3. The first-order valence-corrected chi connectivity index (χ1v) is 12.7. The molecule has 1 aliphatic rings. The standard InChI is InChI=1S/C17H21N7O7S3/c1-8-12(16(26)24(8)34(27,28)29)22-15(25)13(11-7-33-17(20)21-11)23-31-3-2-30-5-10-4-9(6-32-10)14(18)19/h4,6-8,12H,2-3,5H2,1H3,(H3,18,19)(H2,20,21)(H,22,25)(H,27,28,29)/t8-,12-/m0/s1. The van der Waals surface area contributed by atoms with Crippen molar-refractivity contribution in [3.05, 3.63) is 33.0 Å². The number of hydrogen-bond acceptors (Lipinski definition) is 12. The zero-order valence-electron chi connectivity index (χ0n) is 17.6. The number of nitrogens with one attached hydrogen (secondary N) is 2. The van der Waals surface area contributed by atoms with Crippen molar-refractivity contribution < 1.29 is 32.1 Å². The molecule has 7 N–H and O–H groups in total. The molecule has 0 unspecified atom stereocenters. The first kappa shape index (κ1) is 25.5. The Hall–Kier alpha value is -3.12. The zero-order valence-corrected chi connectivity index (χ0v) is 20.1. The number of carbonyl (C=O) groups excluding carboxylic acids is 2. The molecule has 3 rings (SSSR count). The van der Waals surface area contributed by atoms with E-state index in [0.29, 0.717) is 5.56 Å². The summed E-state index contributed by atoms with van der Waals surface area (Å²) in [6, 6.07) is -0.444. The van der Waals surface area contributed by atoms with Gasteiger partial charge in [0.25, 0.3) is 11.8 Å². The molecule has 0 aliphatic carbocycles. The third-order valence-electron chi connectivity index (χ3n) is 4.53. The van der Waals surface area contributed by atoms with Gasteiger partial charge in [0.2, 0.25) is 0 Å². The number of nitrogen functional groups attached to an aromatic ring is 2. The van der Waals surface area contributed by atoms with Gasteiger partial charge in [0.1, 0.15) is 24.2 Å². The van der Waals surface area contributed by atoms with Gasteiger partial charge in [0.05, 0.1) is 19.3 Å². The molecule has 0 spiro atoms. The average Bonchev–Trinajstić information content (AvgIpc) is 3.39. The van der Waals surface area contributed by atoms with E-state index in [1.807, 2.05) is 0 Å². The Kier molecular flexibility index (Phi) is 7.82. The van der Waals surface area contributed by atoms with Gasteiger partial charge in [-0.25, -0.2) is 9.29 Å².